The van der Waals surface area contributed by atoms with Gasteiger partial charge in [0.15, 0.2) is 4.67 Å². The number of hydrogen-bond acceptors (Lipinski definition) is 4. The largest absolute Gasteiger partial charge is 0.451 e. The minimum Gasteiger partial charge on any atom is -0.451 e. The van der Waals surface area contributed by atoms with E-state index in [9.17, 15) is 0 Å². The van der Waals surface area contributed by atoms with Crippen LogP contribution in [0.4, 0.5) is 0 Å². The van der Waals surface area contributed by atoms with Crippen LogP contribution in [-0.2, 0) is 0 Å². The molecule has 0 spiro atoms. The molecule has 20 heavy (non-hydrogen) atoms. The summed E-state index contributed by atoms with van der Waals surface area (Å²) in [7, 11) is 2.13. The molecule has 0 aromatic carbocycles. The number of likely N-dealkylation sites (N-methyl/N-ethyl adjacent to an activating group) is 2. The average Bonchev–Trinajstić information content (AvgIpc) is 2.98. The first-order valence-corrected chi connectivity index (χ1v) is 8.74. The van der Waals surface area contributed by atoms with Crippen LogP contribution in [0.3, 0.4) is 0 Å². The van der Waals surface area contributed by atoms with E-state index in [0.717, 1.165) is 28.0 Å². The van der Waals surface area contributed by atoms with Crippen molar-refractivity contribution < 1.29 is 4.42 Å². The molecule has 1 aliphatic heterocycles. The minimum atomic E-state index is 0.122. The number of likely N-dealkylation sites (tertiary alicyclic amines) is 1. The molecule has 0 amide bonds. The molecule has 1 aromatic heterocycles. The third-order valence-electron chi connectivity index (χ3n) is 4.15. The fourth-order valence-corrected chi connectivity index (χ4v) is 3.63. The van der Waals surface area contributed by atoms with Crippen LogP contribution < -0.4 is 5.73 Å². The third-order valence-corrected chi connectivity index (χ3v) is 5.86. The van der Waals surface area contributed by atoms with Gasteiger partial charge in [0, 0.05) is 19.1 Å². The van der Waals surface area contributed by atoms with E-state index in [4.69, 9.17) is 10.2 Å². The van der Waals surface area contributed by atoms with Crippen LogP contribution in [0.1, 0.15) is 31.6 Å². The molecule has 2 heterocycles. The normalized spacial score (nSPS) is 21.8. The Kier molecular flexibility index (Phi) is 6.10. The van der Waals surface area contributed by atoms with Crippen LogP contribution >= 0.6 is 31.9 Å². The predicted molar refractivity (Wildman–Crippen MR) is 88.8 cm³/mol. The quantitative estimate of drug-likeness (QED) is 0.784. The average molecular weight is 409 g/mol. The summed E-state index contributed by atoms with van der Waals surface area (Å²) in [5.74, 6) is 0.912. The maximum absolute atomic E-state index is 5.96. The van der Waals surface area contributed by atoms with Gasteiger partial charge in [-0.2, -0.15) is 0 Å². The summed E-state index contributed by atoms with van der Waals surface area (Å²) in [6.45, 7) is 6.18. The highest BCUT2D eigenvalue weighted by Gasteiger charge is 2.28. The van der Waals surface area contributed by atoms with Crippen LogP contribution in [0.5, 0.6) is 0 Å². The van der Waals surface area contributed by atoms with Crippen LogP contribution in [-0.4, -0.2) is 49.1 Å². The van der Waals surface area contributed by atoms with E-state index in [1.54, 1.807) is 0 Å². The SMILES string of the molecule is CCN1CCCC1CN(C)C(CN)c1cc(Br)c(Br)o1. The highest BCUT2D eigenvalue weighted by atomic mass is 79.9. The zero-order chi connectivity index (χ0) is 14.7. The number of furan rings is 1. The summed E-state index contributed by atoms with van der Waals surface area (Å²) >= 11 is 6.85. The summed E-state index contributed by atoms with van der Waals surface area (Å²) in [6.07, 6.45) is 2.58. The molecule has 2 rings (SSSR count). The molecule has 2 atom stereocenters. The van der Waals surface area contributed by atoms with Crippen LogP contribution in [0.2, 0.25) is 0 Å². The van der Waals surface area contributed by atoms with Gasteiger partial charge in [-0.15, -0.1) is 0 Å². The lowest BCUT2D eigenvalue weighted by Crippen LogP contribution is -2.41. The summed E-state index contributed by atoms with van der Waals surface area (Å²) in [5.41, 5.74) is 5.96. The van der Waals surface area contributed by atoms with Crippen LogP contribution in [0, 0.1) is 0 Å². The van der Waals surface area contributed by atoms with Crippen molar-refractivity contribution in [3.63, 3.8) is 0 Å². The Morgan fingerprint density at radius 1 is 1.55 bits per heavy atom. The Morgan fingerprint density at radius 3 is 2.85 bits per heavy atom. The molecule has 0 saturated carbocycles. The number of rotatable bonds is 6. The van der Waals surface area contributed by atoms with Crippen molar-refractivity contribution >= 4 is 31.9 Å². The lowest BCUT2D eigenvalue weighted by atomic mass is 10.1. The fraction of sp³-hybridized carbons (Fsp3) is 0.714. The van der Waals surface area contributed by atoms with E-state index in [-0.39, 0.29) is 6.04 Å². The first kappa shape index (κ1) is 16.5. The Labute approximate surface area is 137 Å². The van der Waals surface area contributed by atoms with Crippen molar-refractivity contribution in [1.29, 1.82) is 0 Å². The van der Waals surface area contributed by atoms with Crippen molar-refractivity contribution in [2.45, 2.75) is 31.8 Å². The number of nitrogens with zero attached hydrogens (tertiary/aromatic N) is 2. The highest BCUT2D eigenvalue weighted by molar-refractivity contribution is 9.13. The lowest BCUT2D eigenvalue weighted by molar-refractivity contribution is 0.153. The Morgan fingerprint density at radius 2 is 2.30 bits per heavy atom. The van der Waals surface area contributed by atoms with E-state index >= 15 is 0 Å². The van der Waals surface area contributed by atoms with Gasteiger partial charge in [0.05, 0.1) is 10.5 Å². The Hall–Kier alpha value is 0.120. The number of halogens is 2. The molecule has 0 aliphatic carbocycles. The van der Waals surface area contributed by atoms with Gasteiger partial charge in [-0.1, -0.05) is 6.92 Å². The van der Waals surface area contributed by atoms with Crippen molar-refractivity contribution in [1.82, 2.24) is 9.80 Å². The fourth-order valence-electron chi connectivity index (χ4n) is 3.02. The van der Waals surface area contributed by atoms with Crippen molar-refractivity contribution in [3.8, 4) is 0 Å². The van der Waals surface area contributed by atoms with Gasteiger partial charge in [0.25, 0.3) is 0 Å². The predicted octanol–water partition coefficient (Wildman–Crippen LogP) is 3.22. The van der Waals surface area contributed by atoms with Gasteiger partial charge in [-0.25, -0.2) is 0 Å². The Bertz CT molecular complexity index is 419. The third kappa shape index (κ3) is 3.65. The maximum Gasteiger partial charge on any atom is 0.183 e. The van der Waals surface area contributed by atoms with Gasteiger partial charge in [-0.05, 0) is 70.9 Å². The molecule has 4 nitrogen and oxygen atoms in total. The second kappa shape index (κ2) is 7.40. The first-order chi connectivity index (χ1) is 9.56. The molecule has 0 radical (unpaired) electrons. The highest BCUT2D eigenvalue weighted by Crippen LogP contribution is 2.32. The van der Waals surface area contributed by atoms with Crippen LogP contribution in [0.25, 0.3) is 0 Å². The molecule has 1 fully saturated rings. The summed E-state index contributed by atoms with van der Waals surface area (Å²) < 4.78 is 7.41. The van der Waals surface area contributed by atoms with Gasteiger partial charge >= 0.3 is 0 Å². The number of nitrogens with two attached hydrogens (primary N) is 1. The first-order valence-electron chi connectivity index (χ1n) is 7.15. The maximum atomic E-state index is 5.96. The van der Waals surface area contributed by atoms with Crippen molar-refractivity contribution in [2.24, 2.45) is 5.73 Å². The zero-order valence-electron chi connectivity index (χ0n) is 12.1. The molecule has 1 aliphatic rings. The molecule has 6 heteroatoms. The summed E-state index contributed by atoms with van der Waals surface area (Å²) in [4.78, 5) is 4.87. The van der Waals surface area contributed by atoms with Gasteiger partial charge in [0.2, 0.25) is 0 Å². The second-order valence-corrected chi connectivity index (χ2v) is 6.96. The van der Waals surface area contributed by atoms with Crippen molar-refractivity contribution in [2.75, 3.05) is 33.2 Å². The minimum absolute atomic E-state index is 0.122. The number of hydrogen-bond donors (Lipinski definition) is 1. The molecule has 2 N–H and O–H groups in total. The standard InChI is InChI=1S/C14H23Br2N3O/c1-3-19-6-4-5-10(19)9-18(2)12(8-17)13-7-11(15)14(16)20-13/h7,10,12H,3-6,8-9,17H2,1-2H3. The molecule has 0 bridgehead atoms. The van der Waals surface area contributed by atoms with E-state index in [1.807, 2.05) is 6.07 Å². The molecule has 2 unspecified atom stereocenters. The topological polar surface area (TPSA) is 45.6 Å². The van der Waals surface area contributed by atoms with Gasteiger partial charge in [-0.3, -0.25) is 9.80 Å². The summed E-state index contributed by atoms with van der Waals surface area (Å²) in [6, 6.07) is 2.77. The van der Waals surface area contributed by atoms with Gasteiger partial charge in [0.1, 0.15) is 5.76 Å². The van der Waals surface area contributed by atoms with E-state index in [1.165, 1.54) is 19.4 Å². The van der Waals surface area contributed by atoms with E-state index < -0.39 is 0 Å². The van der Waals surface area contributed by atoms with Crippen molar-refractivity contribution in [3.05, 3.63) is 21.0 Å². The monoisotopic (exact) mass is 407 g/mol. The van der Waals surface area contributed by atoms with Crippen LogP contribution in [0.15, 0.2) is 19.6 Å². The lowest BCUT2D eigenvalue weighted by Gasteiger charge is -2.31. The molecular formula is C14H23Br2N3O. The van der Waals surface area contributed by atoms with E-state index in [2.05, 4.69) is 55.6 Å². The molecule has 114 valence electrons. The van der Waals surface area contributed by atoms with E-state index in [0.29, 0.717) is 12.6 Å². The van der Waals surface area contributed by atoms with Gasteiger partial charge < -0.3 is 10.2 Å². The smallest absolute Gasteiger partial charge is 0.183 e. The second-order valence-electron chi connectivity index (χ2n) is 5.39. The summed E-state index contributed by atoms with van der Waals surface area (Å²) in [5, 5.41) is 0. The zero-order valence-corrected chi connectivity index (χ0v) is 15.3. The molecule has 1 saturated heterocycles. The molecule has 1 aromatic rings. The Balaban J connectivity index is 2.03. The molecular weight excluding hydrogens is 386 g/mol.